The van der Waals surface area contributed by atoms with Crippen molar-refractivity contribution >= 4 is 28.6 Å². The molecule has 0 fully saturated rings. The van der Waals surface area contributed by atoms with Crippen molar-refractivity contribution in [2.45, 2.75) is 6.18 Å². The lowest BCUT2D eigenvalue weighted by atomic mass is 10.3. The fraction of sp³-hybridized carbons (Fsp3) is 0.200. The molecule has 0 aliphatic heterocycles. The van der Waals surface area contributed by atoms with Gasteiger partial charge in [-0.05, 0) is 0 Å². The third-order valence-corrected chi connectivity index (χ3v) is 1.52. The Morgan fingerprint density at radius 1 is 1.54 bits per heavy atom. The monoisotopic (exact) mass is 307 g/mol. The number of oxazole rings is 1. The summed E-state index contributed by atoms with van der Waals surface area (Å²) in [5.74, 6) is -3.34. The van der Waals surface area contributed by atoms with Crippen LogP contribution in [0.1, 0.15) is 16.2 Å². The molecule has 0 spiro atoms. The van der Waals surface area contributed by atoms with Crippen LogP contribution in [0.4, 0.5) is 13.2 Å². The van der Waals surface area contributed by atoms with Crippen LogP contribution >= 0.6 is 22.6 Å². The minimum atomic E-state index is -4.83. The van der Waals surface area contributed by atoms with Gasteiger partial charge in [-0.15, -0.1) is 0 Å². The second kappa shape index (κ2) is 3.16. The van der Waals surface area contributed by atoms with E-state index < -0.39 is 23.6 Å². The number of alkyl halides is 3. The number of carboxylic acids is 1. The molecule has 1 aromatic heterocycles. The van der Waals surface area contributed by atoms with Crippen LogP contribution in [0.15, 0.2) is 4.42 Å². The summed E-state index contributed by atoms with van der Waals surface area (Å²) in [7, 11) is 0. The van der Waals surface area contributed by atoms with E-state index in [0.29, 0.717) is 0 Å². The highest BCUT2D eigenvalue weighted by molar-refractivity contribution is 14.1. The van der Waals surface area contributed by atoms with Crippen molar-refractivity contribution in [3.05, 3.63) is 15.4 Å². The lowest BCUT2D eigenvalue weighted by Crippen LogP contribution is -2.10. The zero-order valence-corrected chi connectivity index (χ0v) is 7.88. The molecular formula is C5HF3INO3. The molecule has 4 nitrogen and oxygen atoms in total. The highest BCUT2D eigenvalue weighted by Gasteiger charge is 2.41. The minimum absolute atomic E-state index is 0.359. The molecule has 0 aromatic carbocycles. The molecule has 0 saturated carbocycles. The van der Waals surface area contributed by atoms with E-state index in [0.717, 1.165) is 0 Å². The van der Waals surface area contributed by atoms with Crippen LogP contribution in [0.3, 0.4) is 0 Å². The number of rotatable bonds is 1. The SMILES string of the molecule is O=C(O)c1nc(I)oc1C(F)(F)F. The van der Waals surface area contributed by atoms with Crippen LogP contribution in [-0.2, 0) is 6.18 Å². The average molecular weight is 307 g/mol. The normalized spacial score (nSPS) is 11.7. The Bertz CT molecular complexity index is 345. The van der Waals surface area contributed by atoms with Crippen molar-refractivity contribution in [3.8, 4) is 0 Å². The fourth-order valence-corrected chi connectivity index (χ4v) is 1.09. The summed E-state index contributed by atoms with van der Waals surface area (Å²) in [4.78, 5) is 13.3. The van der Waals surface area contributed by atoms with Crippen molar-refractivity contribution in [1.29, 1.82) is 0 Å². The Labute approximate surface area is 82.9 Å². The molecule has 0 radical (unpaired) electrons. The number of nitrogens with zero attached hydrogens (tertiary/aromatic N) is 1. The van der Waals surface area contributed by atoms with Crippen LogP contribution in [0.5, 0.6) is 0 Å². The molecule has 8 heteroatoms. The van der Waals surface area contributed by atoms with E-state index in [4.69, 9.17) is 5.11 Å². The Morgan fingerprint density at radius 3 is 2.38 bits per heavy atom. The van der Waals surface area contributed by atoms with Crippen molar-refractivity contribution in [2.75, 3.05) is 0 Å². The minimum Gasteiger partial charge on any atom is -0.476 e. The fourth-order valence-electron chi connectivity index (χ4n) is 0.631. The zero-order valence-electron chi connectivity index (χ0n) is 5.72. The summed E-state index contributed by atoms with van der Waals surface area (Å²) in [5, 5.41) is 8.32. The maximum atomic E-state index is 12.0. The molecule has 0 bridgehead atoms. The predicted octanol–water partition coefficient (Wildman–Crippen LogP) is 2.00. The lowest BCUT2D eigenvalue weighted by molar-refractivity contribution is -0.154. The van der Waals surface area contributed by atoms with Crippen LogP contribution in [0.25, 0.3) is 0 Å². The first-order chi connectivity index (χ1) is 5.82. The van der Waals surface area contributed by atoms with E-state index in [9.17, 15) is 18.0 Å². The number of aromatic nitrogens is 1. The smallest absolute Gasteiger partial charge is 0.452 e. The second-order valence-electron chi connectivity index (χ2n) is 1.95. The van der Waals surface area contributed by atoms with Gasteiger partial charge in [0.05, 0.1) is 0 Å². The standard InChI is InChI=1S/C5HF3INO3/c6-5(7,8)2-1(3(11)12)10-4(9)13-2/h(H,11,12). The highest BCUT2D eigenvalue weighted by Crippen LogP contribution is 2.32. The summed E-state index contributed by atoms with van der Waals surface area (Å²) in [6.45, 7) is 0. The first kappa shape index (κ1) is 10.3. The zero-order chi connectivity index (χ0) is 10.2. The molecule has 0 aliphatic carbocycles. The number of halogens is 4. The van der Waals surface area contributed by atoms with E-state index >= 15 is 0 Å². The molecule has 0 atom stereocenters. The van der Waals surface area contributed by atoms with Crippen LogP contribution in [0, 0.1) is 3.90 Å². The third kappa shape index (κ3) is 2.11. The molecule has 0 saturated heterocycles. The first-order valence-corrected chi connectivity index (χ1v) is 3.87. The van der Waals surface area contributed by atoms with Gasteiger partial charge in [0.15, 0.2) is 5.69 Å². The number of carboxylic acid groups (broad SMARTS) is 1. The van der Waals surface area contributed by atoms with Gasteiger partial charge >= 0.3 is 12.1 Å². The van der Waals surface area contributed by atoms with Crippen LogP contribution < -0.4 is 0 Å². The van der Waals surface area contributed by atoms with Gasteiger partial charge in [0, 0.05) is 22.6 Å². The molecule has 13 heavy (non-hydrogen) atoms. The molecular weight excluding hydrogens is 306 g/mol. The molecule has 1 N–H and O–H groups in total. The summed E-state index contributed by atoms with van der Waals surface area (Å²) in [6, 6.07) is 0. The first-order valence-electron chi connectivity index (χ1n) is 2.79. The largest absolute Gasteiger partial charge is 0.476 e. The lowest BCUT2D eigenvalue weighted by Gasteiger charge is -2.00. The van der Waals surface area contributed by atoms with Crippen molar-refractivity contribution < 1.29 is 27.5 Å². The molecule has 72 valence electrons. The maximum Gasteiger partial charge on any atom is 0.452 e. The molecule has 1 rings (SSSR count). The predicted molar refractivity (Wildman–Crippen MR) is 41.2 cm³/mol. The van der Waals surface area contributed by atoms with E-state index in [2.05, 4.69) is 9.40 Å². The van der Waals surface area contributed by atoms with Gasteiger partial charge in [0.1, 0.15) is 0 Å². The molecule has 1 aromatic rings. The van der Waals surface area contributed by atoms with Crippen molar-refractivity contribution in [1.82, 2.24) is 4.98 Å². The van der Waals surface area contributed by atoms with Gasteiger partial charge in [0.2, 0.25) is 5.76 Å². The maximum absolute atomic E-state index is 12.0. The topological polar surface area (TPSA) is 63.3 Å². The van der Waals surface area contributed by atoms with Gasteiger partial charge in [-0.3, -0.25) is 0 Å². The third-order valence-electron chi connectivity index (χ3n) is 1.06. The molecule has 0 unspecified atom stereocenters. The Balaban J connectivity index is 3.28. The van der Waals surface area contributed by atoms with Crippen molar-refractivity contribution in [2.24, 2.45) is 0 Å². The van der Waals surface area contributed by atoms with E-state index in [1.807, 2.05) is 0 Å². The molecule has 0 amide bonds. The van der Waals surface area contributed by atoms with E-state index in [1.54, 1.807) is 0 Å². The number of aromatic carboxylic acids is 1. The quantitative estimate of drug-likeness (QED) is 0.806. The Kier molecular flexibility index (Phi) is 2.50. The second-order valence-corrected chi connectivity index (χ2v) is 2.87. The average Bonchev–Trinajstić information content (AvgIpc) is 2.29. The van der Waals surface area contributed by atoms with Crippen molar-refractivity contribution in [3.63, 3.8) is 0 Å². The van der Waals surface area contributed by atoms with Gasteiger partial charge < -0.3 is 9.52 Å². The van der Waals surface area contributed by atoms with Crippen LogP contribution in [-0.4, -0.2) is 16.1 Å². The summed E-state index contributed by atoms with van der Waals surface area (Å²) in [6.07, 6.45) is -4.83. The Hall–Kier alpha value is -0.800. The van der Waals surface area contributed by atoms with Gasteiger partial charge in [-0.25, -0.2) is 4.79 Å². The summed E-state index contributed by atoms with van der Waals surface area (Å²) in [5.41, 5.74) is -1.11. The Morgan fingerprint density at radius 2 is 2.08 bits per heavy atom. The van der Waals surface area contributed by atoms with Crippen LogP contribution in [0.2, 0.25) is 0 Å². The number of carbonyl (C=O) groups is 1. The van der Waals surface area contributed by atoms with Gasteiger partial charge in [-0.1, -0.05) is 0 Å². The highest BCUT2D eigenvalue weighted by atomic mass is 127. The summed E-state index contributed by atoms with van der Waals surface area (Å²) < 4.78 is 39.8. The van der Waals surface area contributed by atoms with Gasteiger partial charge in [-0.2, -0.15) is 18.2 Å². The number of hydrogen-bond donors (Lipinski definition) is 1. The number of hydrogen-bond acceptors (Lipinski definition) is 3. The van der Waals surface area contributed by atoms with Gasteiger partial charge in [0.25, 0.3) is 3.90 Å². The molecule has 1 heterocycles. The van der Waals surface area contributed by atoms with E-state index in [-0.39, 0.29) is 3.90 Å². The summed E-state index contributed by atoms with van der Waals surface area (Å²) >= 11 is 1.36. The van der Waals surface area contributed by atoms with E-state index in [1.165, 1.54) is 22.6 Å². The molecule has 0 aliphatic rings.